The van der Waals surface area contributed by atoms with Gasteiger partial charge in [0.2, 0.25) is 0 Å². The van der Waals surface area contributed by atoms with Gasteiger partial charge in [-0.2, -0.15) is 0 Å². The molecule has 4 fully saturated rings. The SMILES string of the molecule is Cc1[nH]c(C2C3CC4CC(C3)CC2C4)cc1CN. The lowest BCUT2D eigenvalue weighted by Crippen LogP contribution is -2.43. The lowest BCUT2D eigenvalue weighted by molar-refractivity contribution is -0.00401. The summed E-state index contributed by atoms with van der Waals surface area (Å²) in [6, 6.07) is 2.36. The Morgan fingerprint density at radius 3 is 2.22 bits per heavy atom. The van der Waals surface area contributed by atoms with Crippen LogP contribution < -0.4 is 5.73 Å². The lowest BCUT2D eigenvalue weighted by Gasteiger charge is -2.54. The summed E-state index contributed by atoms with van der Waals surface area (Å²) in [7, 11) is 0. The molecule has 3 N–H and O–H groups in total. The van der Waals surface area contributed by atoms with E-state index in [1.54, 1.807) is 0 Å². The topological polar surface area (TPSA) is 41.8 Å². The third-order valence-corrected chi connectivity index (χ3v) is 5.95. The highest BCUT2D eigenvalue weighted by Gasteiger charge is 2.48. The van der Waals surface area contributed by atoms with E-state index >= 15 is 0 Å². The van der Waals surface area contributed by atoms with Gasteiger partial charge >= 0.3 is 0 Å². The highest BCUT2D eigenvalue weighted by atomic mass is 14.8. The van der Waals surface area contributed by atoms with Gasteiger partial charge in [0.05, 0.1) is 0 Å². The molecule has 0 amide bonds. The second kappa shape index (κ2) is 3.86. The van der Waals surface area contributed by atoms with Gasteiger partial charge in [0, 0.05) is 23.9 Å². The Hall–Kier alpha value is -0.760. The van der Waals surface area contributed by atoms with Crippen LogP contribution in [-0.2, 0) is 6.54 Å². The van der Waals surface area contributed by atoms with Gasteiger partial charge in [-0.1, -0.05) is 0 Å². The van der Waals surface area contributed by atoms with Gasteiger partial charge in [0.15, 0.2) is 0 Å². The molecular formula is C16H24N2. The highest BCUT2D eigenvalue weighted by Crippen LogP contribution is 2.59. The van der Waals surface area contributed by atoms with Crippen LogP contribution in [-0.4, -0.2) is 4.98 Å². The monoisotopic (exact) mass is 244 g/mol. The van der Waals surface area contributed by atoms with Gasteiger partial charge in [-0.15, -0.1) is 0 Å². The fourth-order valence-corrected chi connectivity index (χ4v) is 5.45. The van der Waals surface area contributed by atoms with Crippen LogP contribution in [0.4, 0.5) is 0 Å². The van der Waals surface area contributed by atoms with Crippen molar-refractivity contribution in [1.82, 2.24) is 4.98 Å². The average molecular weight is 244 g/mol. The van der Waals surface area contributed by atoms with Crippen molar-refractivity contribution in [2.75, 3.05) is 0 Å². The Morgan fingerprint density at radius 2 is 1.72 bits per heavy atom. The number of H-pyrrole nitrogens is 1. The van der Waals surface area contributed by atoms with Crippen molar-refractivity contribution in [1.29, 1.82) is 0 Å². The summed E-state index contributed by atoms with van der Waals surface area (Å²) < 4.78 is 0. The van der Waals surface area contributed by atoms with E-state index in [4.69, 9.17) is 5.73 Å². The summed E-state index contributed by atoms with van der Waals surface area (Å²) in [5, 5.41) is 0. The molecule has 5 rings (SSSR count). The fourth-order valence-electron chi connectivity index (χ4n) is 5.45. The van der Waals surface area contributed by atoms with Gasteiger partial charge in [-0.25, -0.2) is 0 Å². The normalized spacial score (nSPS) is 41.6. The molecule has 0 spiro atoms. The van der Waals surface area contributed by atoms with Crippen LogP contribution in [0, 0.1) is 30.6 Å². The van der Waals surface area contributed by atoms with E-state index in [9.17, 15) is 0 Å². The number of hydrogen-bond acceptors (Lipinski definition) is 1. The Labute approximate surface area is 109 Å². The van der Waals surface area contributed by atoms with Gasteiger partial charge in [0.1, 0.15) is 0 Å². The molecule has 2 nitrogen and oxygen atoms in total. The molecule has 0 atom stereocenters. The number of nitrogens with two attached hydrogens (primary N) is 1. The average Bonchev–Trinajstić information content (AvgIpc) is 2.69. The van der Waals surface area contributed by atoms with Crippen LogP contribution in [0.25, 0.3) is 0 Å². The first-order valence-electron chi connectivity index (χ1n) is 7.63. The summed E-state index contributed by atoms with van der Waals surface area (Å²) in [4.78, 5) is 3.64. The summed E-state index contributed by atoms with van der Waals surface area (Å²) in [6.45, 7) is 2.84. The lowest BCUT2D eigenvalue weighted by atomic mass is 9.51. The predicted molar refractivity (Wildman–Crippen MR) is 73.2 cm³/mol. The fraction of sp³-hybridized carbons (Fsp3) is 0.750. The van der Waals surface area contributed by atoms with Crippen molar-refractivity contribution in [2.45, 2.75) is 51.5 Å². The maximum absolute atomic E-state index is 5.82. The molecule has 4 saturated carbocycles. The Morgan fingerprint density at radius 1 is 1.11 bits per heavy atom. The minimum absolute atomic E-state index is 0.676. The predicted octanol–water partition coefficient (Wildman–Crippen LogP) is 3.32. The van der Waals surface area contributed by atoms with Crippen LogP contribution in [0.1, 0.15) is 55.0 Å². The van der Waals surface area contributed by atoms with E-state index < -0.39 is 0 Å². The van der Waals surface area contributed by atoms with Crippen molar-refractivity contribution in [3.8, 4) is 0 Å². The van der Waals surface area contributed by atoms with E-state index in [2.05, 4.69) is 18.0 Å². The van der Waals surface area contributed by atoms with Crippen molar-refractivity contribution in [2.24, 2.45) is 29.4 Å². The first-order valence-corrected chi connectivity index (χ1v) is 7.63. The second-order valence-electron chi connectivity index (χ2n) is 7.04. The molecule has 1 aromatic rings. The molecule has 18 heavy (non-hydrogen) atoms. The van der Waals surface area contributed by atoms with Crippen molar-refractivity contribution in [3.63, 3.8) is 0 Å². The van der Waals surface area contributed by atoms with Crippen LogP contribution >= 0.6 is 0 Å². The molecule has 4 bridgehead atoms. The molecule has 0 aromatic carbocycles. The van der Waals surface area contributed by atoms with E-state index in [0.29, 0.717) is 6.54 Å². The smallest absolute Gasteiger partial charge is 0.0196 e. The Kier molecular flexibility index (Phi) is 2.38. The molecule has 0 unspecified atom stereocenters. The minimum atomic E-state index is 0.676. The van der Waals surface area contributed by atoms with E-state index in [-0.39, 0.29) is 0 Å². The second-order valence-corrected chi connectivity index (χ2v) is 7.04. The zero-order valence-corrected chi connectivity index (χ0v) is 11.3. The summed E-state index contributed by atoms with van der Waals surface area (Å²) in [5.41, 5.74) is 9.93. The summed E-state index contributed by atoms with van der Waals surface area (Å²) >= 11 is 0. The quantitative estimate of drug-likeness (QED) is 0.823. The first kappa shape index (κ1) is 11.1. The number of aryl methyl sites for hydroxylation is 1. The summed E-state index contributed by atoms with van der Waals surface area (Å²) in [5.74, 6) is 4.87. The van der Waals surface area contributed by atoms with Crippen LogP contribution in [0.2, 0.25) is 0 Å². The number of aromatic nitrogens is 1. The van der Waals surface area contributed by atoms with Crippen LogP contribution in [0.3, 0.4) is 0 Å². The molecule has 2 heteroatoms. The molecule has 0 aliphatic heterocycles. The zero-order valence-electron chi connectivity index (χ0n) is 11.3. The van der Waals surface area contributed by atoms with E-state index in [1.807, 2.05) is 0 Å². The molecule has 1 aromatic heterocycles. The Bertz CT molecular complexity index is 432. The number of rotatable bonds is 2. The molecule has 1 heterocycles. The van der Waals surface area contributed by atoms with E-state index in [1.165, 1.54) is 49.1 Å². The number of aromatic amines is 1. The molecule has 0 radical (unpaired) electrons. The first-order chi connectivity index (χ1) is 8.74. The van der Waals surface area contributed by atoms with E-state index in [0.717, 1.165) is 29.6 Å². The van der Waals surface area contributed by atoms with Gasteiger partial charge in [-0.05, 0) is 74.3 Å². The molecule has 4 aliphatic carbocycles. The number of nitrogens with one attached hydrogen (secondary N) is 1. The van der Waals surface area contributed by atoms with Gasteiger partial charge in [0.25, 0.3) is 0 Å². The van der Waals surface area contributed by atoms with Gasteiger partial charge in [-0.3, -0.25) is 0 Å². The van der Waals surface area contributed by atoms with Crippen molar-refractivity contribution < 1.29 is 0 Å². The van der Waals surface area contributed by atoms with Gasteiger partial charge < -0.3 is 10.7 Å². The standard InChI is InChI=1S/C16H24N2/c1-9-14(8-17)7-15(18-9)16-12-3-10-2-11(5-12)6-13(16)4-10/h7,10-13,16,18H,2-6,8,17H2,1H3. The minimum Gasteiger partial charge on any atom is -0.362 e. The molecular weight excluding hydrogens is 220 g/mol. The summed E-state index contributed by atoms with van der Waals surface area (Å²) in [6.07, 6.45) is 7.51. The third kappa shape index (κ3) is 1.51. The molecule has 98 valence electrons. The van der Waals surface area contributed by atoms with Crippen molar-refractivity contribution >= 4 is 0 Å². The van der Waals surface area contributed by atoms with Crippen LogP contribution in [0.15, 0.2) is 6.07 Å². The third-order valence-electron chi connectivity index (χ3n) is 5.95. The molecule has 0 saturated heterocycles. The van der Waals surface area contributed by atoms with Crippen molar-refractivity contribution in [3.05, 3.63) is 23.0 Å². The number of hydrogen-bond donors (Lipinski definition) is 2. The Balaban J connectivity index is 1.67. The zero-order chi connectivity index (χ0) is 12.3. The largest absolute Gasteiger partial charge is 0.362 e. The maximum atomic E-state index is 5.82. The van der Waals surface area contributed by atoms with Crippen LogP contribution in [0.5, 0.6) is 0 Å². The maximum Gasteiger partial charge on any atom is 0.0196 e. The highest BCUT2D eigenvalue weighted by molar-refractivity contribution is 5.29. The molecule has 4 aliphatic rings.